The lowest BCUT2D eigenvalue weighted by atomic mass is 9.99. The molecule has 3 heteroatoms. The molecule has 1 heterocycles. The molecule has 0 fully saturated rings. The average Bonchev–Trinajstić information content (AvgIpc) is 3.17. The Kier molecular flexibility index (Phi) is 3.97. The van der Waals surface area contributed by atoms with E-state index in [9.17, 15) is 0 Å². The number of benzene rings is 2. The second-order valence-electron chi connectivity index (χ2n) is 7.24. The van der Waals surface area contributed by atoms with Crippen LogP contribution in [0.1, 0.15) is 34.8 Å². The monoisotopic (exact) mass is 331 g/mol. The summed E-state index contributed by atoms with van der Waals surface area (Å²) >= 11 is 0. The van der Waals surface area contributed by atoms with Gasteiger partial charge in [-0.1, -0.05) is 30.3 Å². The molecule has 1 atom stereocenters. The van der Waals surface area contributed by atoms with Crippen LogP contribution in [0.25, 0.3) is 16.9 Å². The van der Waals surface area contributed by atoms with Gasteiger partial charge in [-0.15, -0.1) is 0 Å². The highest BCUT2D eigenvalue weighted by Crippen LogP contribution is 2.38. The van der Waals surface area contributed by atoms with E-state index in [4.69, 9.17) is 5.10 Å². The van der Waals surface area contributed by atoms with E-state index in [0.717, 1.165) is 11.4 Å². The molecule has 128 valence electrons. The van der Waals surface area contributed by atoms with E-state index in [2.05, 4.69) is 80.0 Å². The largest absolute Gasteiger partial charge is 0.302 e. The zero-order chi connectivity index (χ0) is 17.6. The average molecular weight is 331 g/mol. The van der Waals surface area contributed by atoms with E-state index < -0.39 is 0 Å². The number of rotatable bonds is 3. The van der Waals surface area contributed by atoms with Gasteiger partial charge < -0.3 is 4.90 Å². The molecule has 1 unspecified atom stereocenters. The van der Waals surface area contributed by atoms with Gasteiger partial charge in [0.1, 0.15) is 0 Å². The van der Waals surface area contributed by atoms with E-state index in [1.807, 2.05) is 6.07 Å². The van der Waals surface area contributed by atoms with Gasteiger partial charge in [-0.2, -0.15) is 5.10 Å². The second kappa shape index (κ2) is 6.16. The van der Waals surface area contributed by atoms with Gasteiger partial charge in [-0.3, -0.25) is 0 Å². The van der Waals surface area contributed by atoms with Crippen molar-refractivity contribution in [3.05, 3.63) is 70.9 Å². The van der Waals surface area contributed by atoms with Gasteiger partial charge in [0, 0.05) is 11.6 Å². The van der Waals surface area contributed by atoms with Crippen molar-refractivity contribution in [2.45, 2.75) is 32.7 Å². The van der Waals surface area contributed by atoms with E-state index >= 15 is 0 Å². The first-order valence-electron chi connectivity index (χ1n) is 8.97. The molecule has 0 bridgehead atoms. The molecule has 0 saturated heterocycles. The van der Waals surface area contributed by atoms with Gasteiger partial charge in [-0.05, 0) is 75.7 Å². The molecular formula is C22H25N3. The van der Waals surface area contributed by atoms with Crippen molar-refractivity contribution < 1.29 is 0 Å². The number of nitrogens with zero attached hydrogens (tertiary/aromatic N) is 3. The van der Waals surface area contributed by atoms with Crippen molar-refractivity contribution in [1.29, 1.82) is 0 Å². The van der Waals surface area contributed by atoms with Crippen LogP contribution < -0.4 is 0 Å². The first-order chi connectivity index (χ1) is 12.1. The summed E-state index contributed by atoms with van der Waals surface area (Å²) in [7, 11) is 4.35. The highest BCUT2D eigenvalue weighted by molar-refractivity contribution is 5.68. The summed E-state index contributed by atoms with van der Waals surface area (Å²) in [5.74, 6) is 0. The van der Waals surface area contributed by atoms with E-state index in [0.29, 0.717) is 6.04 Å². The molecule has 0 N–H and O–H groups in total. The second-order valence-corrected chi connectivity index (χ2v) is 7.24. The lowest BCUT2D eigenvalue weighted by molar-refractivity contribution is 0.299. The molecule has 0 saturated carbocycles. The maximum atomic E-state index is 4.81. The molecular weight excluding hydrogens is 306 g/mol. The third kappa shape index (κ3) is 2.69. The Labute approximate surface area is 149 Å². The molecule has 3 nitrogen and oxygen atoms in total. The van der Waals surface area contributed by atoms with Gasteiger partial charge in [0.15, 0.2) is 0 Å². The van der Waals surface area contributed by atoms with Crippen LogP contribution in [0.5, 0.6) is 0 Å². The SMILES string of the molecule is Cc1nn(-c2ccccc2)c(-c2ccc3c(c2)C(N(C)C)CC3)c1C. The standard InChI is InChI=1S/C22H25N3/c1-15-16(2)23-25(19-8-6-5-7-9-19)22(15)18-11-10-17-12-13-21(24(3)4)20(17)14-18/h5-11,14,21H,12-13H2,1-4H3. The van der Waals surface area contributed by atoms with Crippen LogP contribution in [0.2, 0.25) is 0 Å². The molecule has 0 amide bonds. The first-order valence-corrected chi connectivity index (χ1v) is 8.97. The molecule has 1 aromatic heterocycles. The molecule has 0 radical (unpaired) electrons. The third-order valence-electron chi connectivity index (χ3n) is 5.45. The van der Waals surface area contributed by atoms with Crippen molar-refractivity contribution in [2.75, 3.05) is 14.1 Å². The van der Waals surface area contributed by atoms with Gasteiger partial charge in [-0.25, -0.2) is 4.68 Å². The van der Waals surface area contributed by atoms with Crippen LogP contribution in [0.4, 0.5) is 0 Å². The predicted octanol–water partition coefficient (Wildman–Crippen LogP) is 4.71. The highest BCUT2D eigenvalue weighted by atomic mass is 15.3. The maximum absolute atomic E-state index is 4.81. The predicted molar refractivity (Wildman–Crippen MR) is 103 cm³/mol. The topological polar surface area (TPSA) is 21.1 Å². The summed E-state index contributed by atoms with van der Waals surface area (Å²) in [6, 6.07) is 17.9. The van der Waals surface area contributed by atoms with Crippen LogP contribution in [0, 0.1) is 13.8 Å². The molecule has 3 aromatic rings. The number of hydrogen-bond donors (Lipinski definition) is 0. The minimum atomic E-state index is 0.518. The summed E-state index contributed by atoms with van der Waals surface area (Å²) in [6.45, 7) is 4.27. The van der Waals surface area contributed by atoms with E-state index in [-0.39, 0.29) is 0 Å². The molecule has 0 aliphatic heterocycles. The summed E-state index contributed by atoms with van der Waals surface area (Å²) < 4.78 is 2.09. The number of hydrogen-bond acceptors (Lipinski definition) is 2. The normalized spacial score (nSPS) is 16.4. The Morgan fingerprint density at radius 1 is 1.04 bits per heavy atom. The van der Waals surface area contributed by atoms with E-state index in [1.165, 1.54) is 40.8 Å². The lowest BCUT2D eigenvalue weighted by Gasteiger charge is -2.21. The number of para-hydroxylation sites is 1. The van der Waals surface area contributed by atoms with Crippen molar-refractivity contribution >= 4 is 0 Å². The third-order valence-corrected chi connectivity index (χ3v) is 5.45. The molecule has 4 rings (SSSR count). The highest BCUT2D eigenvalue weighted by Gasteiger charge is 2.25. The summed E-state index contributed by atoms with van der Waals surface area (Å²) in [6.07, 6.45) is 2.39. The van der Waals surface area contributed by atoms with Crippen LogP contribution in [-0.4, -0.2) is 28.8 Å². The van der Waals surface area contributed by atoms with Crippen molar-refractivity contribution in [2.24, 2.45) is 0 Å². The number of fused-ring (bicyclic) bond motifs is 1. The fourth-order valence-corrected chi connectivity index (χ4v) is 3.96. The van der Waals surface area contributed by atoms with Gasteiger partial charge >= 0.3 is 0 Å². The van der Waals surface area contributed by atoms with E-state index in [1.54, 1.807) is 0 Å². The fourth-order valence-electron chi connectivity index (χ4n) is 3.96. The quantitative estimate of drug-likeness (QED) is 0.693. The van der Waals surface area contributed by atoms with Crippen LogP contribution in [-0.2, 0) is 6.42 Å². The molecule has 1 aliphatic carbocycles. The Morgan fingerprint density at radius 3 is 2.52 bits per heavy atom. The Hall–Kier alpha value is -2.39. The Balaban J connectivity index is 1.88. The lowest BCUT2D eigenvalue weighted by Crippen LogP contribution is -2.17. The summed E-state index contributed by atoms with van der Waals surface area (Å²) in [5.41, 5.74) is 8.87. The van der Waals surface area contributed by atoms with Crippen molar-refractivity contribution in [1.82, 2.24) is 14.7 Å². The summed E-state index contributed by atoms with van der Waals surface area (Å²) in [5, 5.41) is 4.81. The van der Waals surface area contributed by atoms with Crippen molar-refractivity contribution in [3.8, 4) is 16.9 Å². The number of aryl methyl sites for hydroxylation is 2. The first kappa shape index (κ1) is 16.1. The van der Waals surface area contributed by atoms with Crippen molar-refractivity contribution in [3.63, 3.8) is 0 Å². The maximum Gasteiger partial charge on any atom is 0.0773 e. The van der Waals surface area contributed by atoms with Gasteiger partial charge in [0.2, 0.25) is 0 Å². The van der Waals surface area contributed by atoms with Gasteiger partial charge in [0.05, 0.1) is 17.1 Å². The zero-order valence-corrected chi connectivity index (χ0v) is 15.5. The van der Waals surface area contributed by atoms with Gasteiger partial charge in [0.25, 0.3) is 0 Å². The van der Waals surface area contributed by atoms with Crippen LogP contribution in [0.3, 0.4) is 0 Å². The molecule has 1 aliphatic rings. The Bertz CT molecular complexity index is 907. The molecule has 0 spiro atoms. The zero-order valence-electron chi connectivity index (χ0n) is 15.5. The molecule has 25 heavy (non-hydrogen) atoms. The minimum absolute atomic E-state index is 0.518. The summed E-state index contributed by atoms with van der Waals surface area (Å²) in [4.78, 5) is 2.34. The van der Waals surface area contributed by atoms with Crippen LogP contribution >= 0.6 is 0 Å². The van der Waals surface area contributed by atoms with Crippen LogP contribution in [0.15, 0.2) is 48.5 Å². The molecule has 2 aromatic carbocycles. The Morgan fingerprint density at radius 2 is 1.80 bits per heavy atom. The minimum Gasteiger partial charge on any atom is -0.302 e. The smallest absolute Gasteiger partial charge is 0.0773 e. The number of aromatic nitrogens is 2. The fraction of sp³-hybridized carbons (Fsp3) is 0.318.